The van der Waals surface area contributed by atoms with Gasteiger partial charge < -0.3 is 5.32 Å². The molecular weight excluding hydrogens is 286 g/mol. The van der Waals surface area contributed by atoms with Crippen molar-refractivity contribution in [2.75, 3.05) is 5.32 Å². The lowest BCUT2D eigenvalue weighted by Gasteiger charge is -2.07. The van der Waals surface area contributed by atoms with Gasteiger partial charge in [-0.25, -0.2) is 4.98 Å². The Morgan fingerprint density at radius 1 is 1.00 bits per heavy atom. The molecule has 0 unspecified atom stereocenters. The summed E-state index contributed by atoms with van der Waals surface area (Å²) in [7, 11) is 0. The molecule has 23 heavy (non-hydrogen) atoms. The number of aryl methyl sites for hydroxylation is 2. The fraction of sp³-hybridized carbons (Fsp3) is 0.105. The number of pyridine rings is 2. The van der Waals surface area contributed by atoms with Crippen LogP contribution >= 0.6 is 0 Å². The van der Waals surface area contributed by atoms with Gasteiger partial charge in [0.1, 0.15) is 5.82 Å². The monoisotopic (exact) mass is 303 g/mol. The van der Waals surface area contributed by atoms with Crippen LogP contribution in [0, 0.1) is 13.8 Å². The van der Waals surface area contributed by atoms with E-state index in [2.05, 4.69) is 15.3 Å². The Labute approximate surface area is 135 Å². The summed E-state index contributed by atoms with van der Waals surface area (Å²) in [6.45, 7) is 3.89. The Balaban J connectivity index is 1.78. The number of aromatic nitrogens is 2. The molecule has 0 radical (unpaired) electrons. The lowest BCUT2D eigenvalue weighted by atomic mass is 10.1. The Hall–Kier alpha value is -3.01. The van der Waals surface area contributed by atoms with Crippen molar-refractivity contribution in [3.63, 3.8) is 0 Å². The van der Waals surface area contributed by atoms with Gasteiger partial charge in [-0.05, 0) is 60.9 Å². The van der Waals surface area contributed by atoms with Crippen LogP contribution in [0.3, 0.4) is 0 Å². The van der Waals surface area contributed by atoms with Crippen molar-refractivity contribution in [1.29, 1.82) is 0 Å². The molecule has 0 spiro atoms. The highest BCUT2D eigenvalue weighted by atomic mass is 16.1. The molecule has 3 rings (SSSR count). The molecule has 0 aliphatic carbocycles. The average molecular weight is 303 g/mol. The SMILES string of the molecule is Cc1cc(C)nc(NC(=O)c2ccc(-c3cccnc3)cc2)c1. The number of rotatable bonds is 3. The molecule has 0 fully saturated rings. The standard InChI is InChI=1S/C19H17N3O/c1-13-10-14(2)21-18(11-13)22-19(23)16-7-5-15(6-8-16)17-4-3-9-20-12-17/h3-12H,1-2H3,(H,21,22,23). The van der Waals surface area contributed by atoms with Crippen LogP contribution in [0.2, 0.25) is 0 Å². The maximum Gasteiger partial charge on any atom is 0.256 e. The van der Waals surface area contributed by atoms with Crippen LogP contribution in [-0.4, -0.2) is 15.9 Å². The highest BCUT2D eigenvalue weighted by Crippen LogP contribution is 2.19. The largest absolute Gasteiger partial charge is 0.307 e. The number of carbonyl (C=O) groups is 1. The van der Waals surface area contributed by atoms with Crippen molar-refractivity contribution in [2.24, 2.45) is 0 Å². The summed E-state index contributed by atoms with van der Waals surface area (Å²) in [4.78, 5) is 20.7. The zero-order valence-electron chi connectivity index (χ0n) is 13.1. The minimum Gasteiger partial charge on any atom is -0.307 e. The Morgan fingerprint density at radius 3 is 2.43 bits per heavy atom. The second-order valence-corrected chi connectivity index (χ2v) is 5.44. The number of anilines is 1. The lowest BCUT2D eigenvalue weighted by Crippen LogP contribution is -2.13. The van der Waals surface area contributed by atoms with Crippen LogP contribution in [0.1, 0.15) is 21.6 Å². The molecule has 2 aromatic heterocycles. The molecule has 3 aromatic rings. The first-order valence-electron chi connectivity index (χ1n) is 7.39. The summed E-state index contributed by atoms with van der Waals surface area (Å²) in [5.74, 6) is 0.407. The first kappa shape index (κ1) is 14.9. The van der Waals surface area contributed by atoms with Gasteiger partial charge in [-0.1, -0.05) is 18.2 Å². The third-order valence-corrected chi connectivity index (χ3v) is 3.48. The summed E-state index contributed by atoms with van der Waals surface area (Å²) in [6.07, 6.45) is 3.54. The van der Waals surface area contributed by atoms with Crippen LogP contribution in [-0.2, 0) is 0 Å². The van der Waals surface area contributed by atoms with E-state index in [0.717, 1.165) is 22.4 Å². The molecule has 0 aliphatic rings. The number of hydrogen-bond donors (Lipinski definition) is 1. The molecule has 1 N–H and O–H groups in total. The smallest absolute Gasteiger partial charge is 0.256 e. The lowest BCUT2D eigenvalue weighted by molar-refractivity contribution is 0.102. The fourth-order valence-electron chi connectivity index (χ4n) is 2.44. The number of amides is 1. The minimum atomic E-state index is -0.166. The first-order chi connectivity index (χ1) is 11.1. The Kier molecular flexibility index (Phi) is 4.15. The van der Waals surface area contributed by atoms with Gasteiger partial charge in [0, 0.05) is 23.7 Å². The molecule has 0 atom stereocenters. The second-order valence-electron chi connectivity index (χ2n) is 5.44. The van der Waals surface area contributed by atoms with Crippen molar-refractivity contribution in [3.05, 3.63) is 77.7 Å². The molecule has 2 heterocycles. The number of nitrogens with zero attached hydrogens (tertiary/aromatic N) is 2. The van der Waals surface area contributed by atoms with Crippen LogP contribution in [0.15, 0.2) is 60.9 Å². The summed E-state index contributed by atoms with van der Waals surface area (Å²) in [6, 6.07) is 15.2. The summed E-state index contributed by atoms with van der Waals surface area (Å²) < 4.78 is 0. The molecule has 1 aromatic carbocycles. The average Bonchev–Trinajstić information content (AvgIpc) is 2.55. The van der Waals surface area contributed by atoms with E-state index < -0.39 is 0 Å². The number of carbonyl (C=O) groups excluding carboxylic acids is 1. The molecule has 4 nitrogen and oxygen atoms in total. The van der Waals surface area contributed by atoms with Gasteiger partial charge in [-0.2, -0.15) is 0 Å². The molecule has 0 aliphatic heterocycles. The highest BCUT2D eigenvalue weighted by molar-refractivity contribution is 6.04. The van der Waals surface area contributed by atoms with Gasteiger partial charge in [0.25, 0.3) is 5.91 Å². The fourth-order valence-corrected chi connectivity index (χ4v) is 2.44. The number of hydrogen-bond acceptors (Lipinski definition) is 3. The normalized spacial score (nSPS) is 10.3. The van der Waals surface area contributed by atoms with Crippen LogP contribution in [0.25, 0.3) is 11.1 Å². The maximum atomic E-state index is 12.3. The van der Waals surface area contributed by atoms with Crippen molar-refractivity contribution < 1.29 is 4.79 Å². The third kappa shape index (κ3) is 3.61. The van der Waals surface area contributed by atoms with Crippen molar-refractivity contribution in [3.8, 4) is 11.1 Å². The molecular formula is C19H17N3O. The van der Waals surface area contributed by atoms with E-state index in [1.54, 1.807) is 24.5 Å². The van der Waals surface area contributed by atoms with Gasteiger partial charge in [-0.3, -0.25) is 9.78 Å². The van der Waals surface area contributed by atoms with Crippen LogP contribution in [0.5, 0.6) is 0 Å². The predicted octanol–water partition coefficient (Wildman–Crippen LogP) is 4.01. The van der Waals surface area contributed by atoms with Crippen molar-refractivity contribution in [2.45, 2.75) is 13.8 Å². The zero-order chi connectivity index (χ0) is 16.2. The van der Waals surface area contributed by atoms with E-state index in [4.69, 9.17) is 0 Å². The van der Waals surface area contributed by atoms with E-state index in [-0.39, 0.29) is 5.91 Å². The second kappa shape index (κ2) is 6.40. The van der Waals surface area contributed by atoms with Gasteiger partial charge in [0.2, 0.25) is 0 Å². The van der Waals surface area contributed by atoms with E-state index in [1.807, 2.05) is 50.2 Å². The summed E-state index contributed by atoms with van der Waals surface area (Å²) in [5, 5.41) is 2.84. The predicted molar refractivity (Wildman–Crippen MR) is 91.3 cm³/mol. The Morgan fingerprint density at radius 2 is 1.78 bits per heavy atom. The van der Waals surface area contributed by atoms with Gasteiger partial charge in [0.05, 0.1) is 0 Å². The number of benzene rings is 1. The summed E-state index contributed by atoms with van der Waals surface area (Å²) in [5.41, 5.74) is 4.60. The molecule has 1 amide bonds. The summed E-state index contributed by atoms with van der Waals surface area (Å²) >= 11 is 0. The molecule has 0 bridgehead atoms. The van der Waals surface area contributed by atoms with E-state index >= 15 is 0 Å². The maximum absolute atomic E-state index is 12.3. The topological polar surface area (TPSA) is 54.9 Å². The van der Waals surface area contributed by atoms with Crippen molar-refractivity contribution in [1.82, 2.24) is 9.97 Å². The van der Waals surface area contributed by atoms with Gasteiger partial charge in [0.15, 0.2) is 0 Å². The van der Waals surface area contributed by atoms with Gasteiger partial charge in [-0.15, -0.1) is 0 Å². The Bertz CT molecular complexity index is 807. The highest BCUT2D eigenvalue weighted by Gasteiger charge is 2.08. The molecule has 0 saturated heterocycles. The first-order valence-corrected chi connectivity index (χ1v) is 7.39. The number of nitrogens with one attached hydrogen (secondary N) is 1. The third-order valence-electron chi connectivity index (χ3n) is 3.48. The molecule has 0 saturated carbocycles. The van der Waals surface area contributed by atoms with Crippen LogP contribution in [0.4, 0.5) is 5.82 Å². The molecule has 114 valence electrons. The van der Waals surface area contributed by atoms with Crippen LogP contribution < -0.4 is 5.32 Å². The zero-order valence-corrected chi connectivity index (χ0v) is 13.1. The minimum absolute atomic E-state index is 0.166. The van der Waals surface area contributed by atoms with E-state index in [9.17, 15) is 4.79 Å². The molecule has 4 heteroatoms. The van der Waals surface area contributed by atoms with Gasteiger partial charge >= 0.3 is 0 Å². The van der Waals surface area contributed by atoms with E-state index in [0.29, 0.717) is 11.4 Å². The quantitative estimate of drug-likeness (QED) is 0.795. The van der Waals surface area contributed by atoms with Crippen molar-refractivity contribution >= 4 is 11.7 Å². The van der Waals surface area contributed by atoms with E-state index in [1.165, 1.54) is 0 Å².